The molecule has 1 aliphatic rings. The summed E-state index contributed by atoms with van der Waals surface area (Å²) in [5, 5.41) is 12.1. The van der Waals surface area contributed by atoms with Crippen molar-refractivity contribution in [2.24, 2.45) is 0 Å². The number of carbonyl (C=O) groups excluding carboxylic acids is 1. The number of rotatable bonds is 5. The number of amides is 1. The first kappa shape index (κ1) is 17.1. The standard InChI is InChI=1S/C19H19N3O3/c20-11-14-5-1-2-7-16(14)19(23)22-17-8-10-24-13-18(17)25-12-15-6-3-4-9-21-15/h1-7,9,17-18H,8,10,12-13H2,(H,22,23)/t17-,18-/m1/s1. The second-order valence-electron chi connectivity index (χ2n) is 5.77. The molecule has 0 spiro atoms. The molecule has 0 radical (unpaired) electrons. The molecule has 3 rings (SSSR count). The van der Waals surface area contributed by atoms with E-state index in [2.05, 4.69) is 10.3 Å². The molecule has 0 bridgehead atoms. The Labute approximate surface area is 146 Å². The summed E-state index contributed by atoms with van der Waals surface area (Å²) in [5.74, 6) is -0.268. The minimum Gasteiger partial charge on any atom is -0.379 e. The van der Waals surface area contributed by atoms with Crippen LogP contribution in [0.1, 0.15) is 28.0 Å². The average Bonchev–Trinajstić information content (AvgIpc) is 2.68. The fraction of sp³-hybridized carbons (Fsp3) is 0.316. The fourth-order valence-electron chi connectivity index (χ4n) is 2.74. The quantitative estimate of drug-likeness (QED) is 0.903. The van der Waals surface area contributed by atoms with Crippen molar-refractivity contribution in [2.45, 2.75) is 25.2 Å². The summed E-state index contributed by atoms with van der Waals surface area (Å²) in [6.45, 7) is 1.34. The highest BCUT2D eigenvalue weighted by molar-refractivity contribution is 5.96. The molecule has 1 amide bonds. The van der Waals surface area contributed by atoms with Crippen LogP contribution in [0.25, 0.3) is 0 Å². The Bertz CT molecular complexity index is 758. The van der Waals surface area contributed by atoms with E-state index in [1.54, 1.807) is 30.5 Å². The summed E-state index contributed by atoms with van der Waals surface area (Å²) in [6, 6.07) is 14.3. The summed E-state index contributed by atoms with van der Waals surface area (Å²) >= 11 is 0. The van der Waals surface area contributed by atoms with Gasteiger partial charge in [-0.25, -0.2) is 0 Å². The molecule has 0 saturated carbocycles. The molecular formula is C19H19N3O3. The lowest BCUT2D eigenvalue weighted by Crippen LogP contribution is -2.50. The van der Waals surface area contributed by atoms with Crippen molar-refractivity contribution in [3.05, 3.63) is 65.5 Å². The summed E-state index contributed by atoms with van der Waals surface area (Å²) in [7, 11) is 0. The Balaban J connectivity index is 1.64. The van der Waals surface area contributed by atoms with Crippen LogP contribution in [-0.2, 0) is 16.1 Å². The molecule has 0 unspecified atom stereocenters. The fourth-order valence-corrected chi connectivity index (χ4v) is 2.74. The van der Waals surface area contributed by atoms with E-state index in [1.165, 1.54) is 0 Å². The molecule has 2 heterocycles. The van der Waals surface area contributed by atoms with E-state index in [9.17, 15) is 4.79 Å². The minimum atomic E-state index is -0.268. The van der Waals surface area contributed by atoms with Crippen molar-refractivity contribution in [1.82, 2.24) is 10.3 Å². The van der Waals surface area contributed by atoms with Crippen molar-refractivity contribution in [1.29, 1.82) is 5.26 Å². The molecule has 6 heteroatoms. The summed E-state index contributed by atoms with van der Waals surface area (Å²) < 4.78 is 11.4. The molecular weight excluding hydrogens is 318 g/mol. The first-order valence-corrected chi connectivity index (χ1v) is 8.17. The average molecular weight is 337 g/mol. The van der Waals surface area contributed by atoms with Crippen molar-refractivity contribution in [3.63, 3.8) is 0 Å². The van der Waals surface area contributed by atoms with E-state index < -0.39 is 0 Å². The molecule has 0 aliphatic carbocycles. The lowest BCUT2D eigenvalue weighted by molar-refractivity contribution is -0.0743. The van der Waals surface area contributed by atoms with E-state index in [0.29, 0.717) is 37.4 Å². The predicted molar refractivity (Wildman–Crippen MR) is 90.7 cm³/mol. The van der Waals surface area contributed by atoms with E-state index in [-0.39, 0.29) is 18.1 Å². The lowest BCUT2D eigenvalue weighted by atomic mass is 10.0. The molecule has 25 heavy (non-hydrogen) atoms. The smallest absolute Gasteiger partial charge is 0.252 e. The number of pyridine rings is 1. The Morgan fingerprint density at radius 3 is 2.96 bits per heavy atom. The number of nitrogens with one attached hydrogen (secondary N) is 1. The highest BCUT2D eigenvalue weighted by Crippen LogP contribution is 2.15. The first-order valence-electron chi connectivity index (χ1n) is 8.17. The van der Waals surface area contributed by atoms with Gasteiger partial charge in [0.05, 0.1) is 42.1 Å². The van der Waals surface area contributed by atoms with Gasteiger partial charge in [0.25, 0.3) is 5.91 Å². The Morgan fingerprint density at radius 2 is 2.16 bits per heavy atom. The molecule has 1 fully saturated rings. The molecule has 1 N–H and O–H groups in total. The monoisotopic (exact) mass is 337 g/mol. The van der Waals surface area contributed by atoms with Crippen LogP contribution in [0.15, 0.2) is 48.7 Å². The van der Waals surface area contributed by atoms with Gasteiger partial charge in [0.2, 0.25) is 0 Å². The van der Waals surface area contributed by atoms with Crippen LogP contribution in [-0.4, -0.2) is 36.3 Å². The third kappa shape index (κ3) is 4.41. The number of hydrogen-bond donors (Lipinski definition) is 1. The normalized spacial score (nSPS) is 19.8. The largest absolute Gasteiger partial charge is 0.379 e. The molecule has 1 aromatic heterocycles. The van der Waals surface area contributed by atoms with E-state index in [1.807, 2.05) is 24.3 Å². The van der Waals surface area contributed by atoms with Gasteiger partial charge in [0.1, 0.15) is 6.10 Å². The Hall–Kier alpha value is -2.75. The maximum atomic E-state index is 12.5. The number of ether oxygens (including phenoxy) is 2. The topological polar surface area (TPSA) is 84.2 Å². The van der Waals surface area contributed by atoms with Crippen molar-refractivity contribution in [3.8, 4) is 6.07 Å². The van der Waals surface area contributed by atoms with Crippen LogP contribution in [0.5, 0.6) is 0 Å². The van der Waals surface area contributed by atoms with Crippen LogP contribution >= 0.6 is 0 Å². The summed E-state index contributed by atoms with van der Waals surface area (Å²) in [6.07, 6.45) is 2.12. The molecule has 1 aromatic carbocycles. The molecule has 2 atom stereocenters. The Morgan fingerprint density at radius 1 is 1.32 bits per heavy atom. The van der Waals surface area contributed by atoms with Gasteiger partial charge in [0, 0.05) is 12.8 Å². The van der Waals surface area contributed by atoms with Crippen molar-refractivity contribution < 1.29 is 14.3 Å². The maximum absolute atomic E-state index is 12.5. The van der Waals surface area contributed by atoms with Crippen LogP contribution in [0.3, 0.4) is 0 Å². The highest BCUT2D eigenvalue weighted by Gasteiger charge is 2.28. The Kier molecular flexibility index (Phi) is 5.73. The van der Waals surface area contributed by atoms with Gasteiger partial charge in [-0.15, -0.1) is 0 Å². The zero-order chi connectivity index (χ0) is 17.5. The van der Waals surface area contributed by atoms with Gasteiger partial charge >= 0.3 is 0 Å². The minimum absolute atomic E-state index is 0.170. The second-order valence-corrected chi connectivity index (χ2v) is 5.77. The van der Waals surface area contributed by atoms with Gasteiger partial charge in [-0.1, -0.05) is 18.2 Å². The van der Waals surface area contributed by atoms with E-state index in [0.717, 1.165) is 5.69 Å². The number of carbonyl (C=O) groups is 1. The van der Waals surface area contributed by atoms with E-state index in [4.69, 9.17) is 14.7 Å². The first-order chi connectivity index (χ1) is 12.3. The van der Waals surface area contributed by atoms with Gasteiger partial charge in [-0.2, -0.15) is 5.26 Å². The predicted octanol–water partition coefficient (Wildman–Crippen LogP) is 2.06. The molecule has 1 saturated heterocycles. The molecule has 2 aromatic rings. The molecule has 128 valence electrons. The van der Waals surface area contributed by atoms with Crippen molar-refractivity contribution in [2.75, 3.05) is 13.2 Å². The third-order valence-corrected chi connectivity index (χ3v) is 4.08. The van der Waals surface area contributed by atoms with Gasteiger partial charge in [0.15, 0.2) is 0 Å². The zero-order valence-electron chi connectivity index (χ0n) is 13.7. The van der Waals surface area contributed by atoms with Crippen LogP contribution in [0.4, 0.5) is 0 Å². The molecule has 6 nitrogen and oxygen atoms in total. The SMILES string of the molecule is N#Cc1ccccc1C(=O)N[C@@H]1CCOC[C@H]1OCc1ccccn1. The van der Waals surface area contributed by atoms with Crippen LogP contribution in [0, 0.1) is 11.3 Å². The maximum Gasteiger partial charge on any atom is 0.252 e. The van der Waals surface area contributed by atoms with E-state index >= 15 is 0 Å². The third-order valence-electron chi connectivity index (χ3n) is 4.08. The molecule has 1 aliphatic heterocycles. The lowest BCUT2D eigenvalue weighted by Gasteiger charge is -2.32. The van der Waals surface area contributed by atoms with Crippen molar-refractivity contribution >= 4 is 5.91 Å². The van der Waals surface area contributed by atoms with Gasteiger partial charge in [-0.05, 0) is 30.7 Å². The number of benzene rings is 1. The van der Waals surface area contributed by atoms with Gasteiger partial charge < -0.3 is 14.8 Å². The second kappa shape index (κ2) is 8.38. The summed E-state index contributed by atoms with van der Waals surface area (Å²) in [5.41, 5.74) is 1.56. The number of hydrogen-bond acceptors (Lipinski definition) is 5. The van der Waals surface area contributed by atoms with Gasteiger partial charge in [-0.3, -0.25) is 9.78 Å². The number of aromatic nitrogens is 1. The summed E-state index contributed by atoms with van der Waals surface area (Å²) in [4.78, 5) is 16.8. The van der Waals surface area contributed by atoms with Crippen LogP contribution < -0.4 is 5.32 Å². The number of nitrogens with zero attached hydrogens (tertiary/aromatic N) is 2. The zero-order valence-corrected chi connectivity index (χ0v) is 13.7. The number of nitriles is 1. The van der Waals surface area contributed by atoms with Crippen LogP contribution in [0.2, 0.25) is 0 Å². The highest BCUT2D eigenvalue weighted by atomic mass is 16.5.